The first-order valence-corrected chi connectivity index (χ1v) is 9.03. The Morgan fingerprint density at radius 1 is 1.31 bits per heavy atom. The van der Waals surface area contributed by atoms with Crippen molar-refractivity contribution >= 4 is 39.6 Å². The molecule has 148 valence electrons. The second kappa shape index (κ2) is 7.21. The molecule has 0 saturated heterocycles. The van der Waals surface area contributed by atoms with Gasteiger partial charge in [-0.3, -0.25) is 15.1 Å². The molecule has 0 saturated carbocycles. The lowest BCUT2D eigenvalue weighted by Gasteiger charge is -2.25. The molecule has 3 aromatic rings. The summed E-state index contributed by atoms with van der Waals surface area (Å²) >= 11 is 6.53. The number of para-hydroxylation sites is 1. The average Bonchev–Trinajstić information content (AvgIpc) is 3.04. The molecule has 0 spiro atoms. The zero-order chi connectivity index (χ0) is 20.7. The fourth-order valence-corrected chi connectivity index (χ4v) is 3.69. The molecule has 0 atom stereocenters. The van der Waals surface area contributed by atoms with E-state index in [1.54, 1.807) is 11.1 Å². The summed E-state index contributed by atoms with van der Waals surface area (Å²) in [5.41, 5.74) is 2.22. The lowest BCUT2D eigenvalue weighted by molar-refractivity contribution is -0.387. The lowest BCUT2D eigenvalue weighted by atomic mass is 10.1. The molecule has 1 aromatic heterocycles. The van der Waals surface area contributed by atoms with Gasteiger partial charge >= 0.3 is 5.69 Å². The highest BCUT2D eigenvalue weighted by Crippen LogP contribution is 2.37. The van der Waals surface area contributed by atoms with E-state index in [2.05, 4.69) is 4.99 Å². The van der Waals surface area contributed by atoms with E-state index < -0.39 is 16.4 Å². The predicted octanol–water partition coefficient (Wildman–Crippen LogP) is 4.58. The van der Waals surface area contributed by atoms with Crippen molar-refractivity contribution in [2.24, 2.45) is 12.0 Å². The van der Waals surface area contributed by atoms with E-state index in [0.29, 0.717) is 16.4 Å². The number of fused-ring (bicyclic) bond motifs is 1. The molecule has 0 amide bonds. The Hall–Kier alpha value is -3.39. The number of nitrogens with zero attached hydrogens (tertiary/aromatic N) is 4. The topological polar surface area (TPSA) is 72.9 Å². The van der Waals surface area contributed by atoms with Crippen molar-refractivity contribution in [3.63, 3.8) is 0 Å². The smallest absolute Gasteiger partial charge is 0.307 e. The fourth-order valence-electron chi connectivity index (χ4n) is 3.41. The summed E-state index contributed by atoms with van der Waals surface area (Å²) in [4.78, 5) is 16.5. The van der Waals surface area contributed by atoms with Crippen LogP contribution in [0.15, 0.2) is 58.8 Å². The first-order chi connectivity index (χ1) is 13.9. The van der Waals surface area contributed by atoms with E-state index in [-0.39, 0.29) is 12.4 Å². The molecule has 4 rings (SSSR count). The Balaban J connectivity index is 1.75. The molecule has 1 aliphatic rings. The highest BCUT2D eigenvalue weighted by atomic mass is 35.5. The fraction of sp³-hybridized carbons (Fsp3) is 0.150. The van der Waals surface area contributed by atoms with Gasteiger partial charge in [-0.05, 0) is 6.07 Å². The van der Waals surface area contributed by atoms with Gasteiger partial charge in [0.25, 0.3) is 0 Å². The highest BCUT2D eigenvalue weighted by molar-refractivity contribution is 6.47. The van der Waals surface area contributed by atoms with Gasteiger partial charge in [0.2, 0.25) is 5.82 Å². The molecule has 0 fully saturated rings. The molecule has 7 nitrogen and oxygen atoms in total. The summed E-state index contributed by atoms with van der Waals surface area (Å²) < 4.78 is 21.1. The number of methoxy groups -OCH3 is 1. The summed E-state index contributed by atoms with van der Waals surface area (Å²) in [6.07, 6.45) is 3.57. The van der Waals surface area contributed by atoms with Gasteiger partial charge in [-0.2, -0.15) is 4.39 Å². The molecule has 1 aliphatic heterocycles. The van der Waals surface area contributed by atoms with Gasteiger partial charge in [-0.1, -0.05) is 29.8 Å². The number of ether oxygens (including phenoxy) is 1. The average molecular weight is 415 g/mol. The predicted molar refractivity (Wildman–Crippen MR) is 110 cm³/mol. The number of rotatable bonds is 4. The Morgan fingerprint density at radius 3 is 2.76 bits per heavy atom. The van der Waals surface area contributed by atoms with E-state index in [9.17, 15) is 14.5 Å². The van der Waals surface area contributed by atoms with Crippen LogP contribution in [0.25, 0.3) is 10.9 Å². The van der Waals surface area contributed by atoms with Crippen molar-refractivity contribution in [3.8, 4) is 5.75 Å². The Kier molecular flexibility index (Phi) is 4.71. The van der Waals surface area contributed by atoms with Crippen molar-refractivity contribution in [3.05, 3.63) is 75.3 Å². The van der Waals surface area contributed by atoms with Crippen LogP contribution < -0.4 is 9.64 Å². The van der Waals surface area contributed by atoms with Crippen LogP contribution >= 0.6 is 11.6 Å². The number of aliphatic imine (C=N–C) groups is 1. The van der Waals surface area contributed by atoms with E-state index in [4.69, 9.17) is 16.3 Å². The number of aromatic nitrogens is 1. The minimum Gasteiger partial charge on any atom is -0.494 e. The first-order valence-electron chi connectivity index (χ1n) is 8.66. The summed E-state index contributed by atoms with van der Waals surface area (Å²) in [6, 6.07) is 10.0. The normalized spacial score (nSPS) is 14.0. The molecule has 9 heteroatoms. The van der Waals surface area contributed by atoms with Gasteiger partial charge < -0.3 is 14.2 Å². The molecule has 2 heterocycles. The Morgan fingerprint density at radius 2 is 2.07 bits per heavy atom. The van der Waals surface area contributed by atoms with E-state index in [1.165, 1.54) is 7.11 Å². The van der Waals surface area contributed by atoms with E-state index in [1.807, 2.05) is 42.1 Å². The largest absolute Gasteiger partial charge is 0.494 e. The summed E-state index contributed by atoms with van der Waals surface area (Å²) in [6.45, 7) is 0.147. The van der Waals surface area contributed by atoms with Crippen molar-refractivity contribution in [2.45, 2.75) is 0 Å². The monoisotopic (exact) mass is 414 g/mol. The maximum atomic E-state index is 13.9. The summed E-state index contributed by atoms with van der Waals surface area (Å²) in [5.74, 6) is -0.819. The minimum atomic E-state index is -0.970. The highest BCUT2D eigenvalue weighted by Gasteiger charge is 2.25. The van der Waals surface area contributed by atoms with Gasteiger partial charge in [-0.15, -0.1) is 0 Å². The van der Waals surface area contributed by atoms with Gasteiger partial charge in [-0.25, -0.2) is 0 Å². The molecule has 0 radical (unpaired) electrons. The van der Waals surface area contributed by atoms with E-state index in [0.717, 1.165) is 28.6 Å². The van der Waals surface area contributed by atoms with Crippen molar-refractivity contribution in [1.82, 2.24) is 4.57 Å². The van der Waals surface area contributed by atoms with Crippen LogP contribution in [0.2, 0.25) is 0 Å². The van der Waals surface area contributed by atoms with Crippen LogP contribution in [0.5, 0.6) is 5.75 Å². The zero-order valence-electron chi connectivity index (χ0n) is 15.6. The van der Waals surface area contributed by atoms with Crippen LogP contribution in [0.4, 0.5) is 15.8 Å². The maximum Gasteiger partial charge on any atom is 0.307 e. The van der Waals surface area contributed by atoms with Crippen LogP contribution in [0, 0.1) is 15.9 Å². The second-order valence-corrected chi connectivity index (χ2v) is 6.91. The van der Waals surface area contributed by atoms with Crippen molar-refractivity contribution in [1.29, 1.82) is 0 Å². The number of hydrogen-bond acceptors (Lipinski definition) is 5. The van der Waals surface area contributed by atoms with Gasteiger partial charge in [0, 0.05) is 48.0 Å². The lowest BCUT2D eigenvalue weighted by Crippen LogP contribution is -2.24. The number of hydrogen-bond donors (Lipinski definition) is 0. The third-order valence-corrected chi connectivity index (χ3v) is 5.06. The SMILES string of the molecule is COc1cc(F)c([N+](=O)[O-])cc1N1C=C(Cl)C(c2cn(C)c3ccccc23)=NC1. The molecule has 0 bridgehead atoms. The molecule has 0 N–H and O–H groups in total. The molecule has 0 unspecified atom stereocenters. The second-order valence-electron chi connectivity index (χ2n) is 6.50. The number of nitro groups is 1. The zero-order valence-corrected chi connectivity index (χ0v) is 16.4. The molecule has 0 aliphatic carbocycles. The van der Waals surface area contributed by atoms with Crippen LogP contribution in [-0.2, 0) is 7.05 Å². The standard InChI is InChI=1S/C20H16ClFN4O3/c1-24-9-13(12-5-3-4-6-16(12)24)20-14(21)10-25(11-23-20)18-8-17(26(27)28)15(22)7-19(18)29-2/h3-10H,11H2,1-2H3. The summed E-state index contributed by atoms with van der Waals surface area (Å²) in [7, 11) is 3.31. The number of allylic oxidation sites excluding steroid dienone is 1. The molecular formula is C20H16ClFN4O3. The third-order valence-electron chi connectivity index (χ3n) is 4.78. The van der Waals surface area contributed by atoms with E-state index >= 15 is 0 Å². The molecule has 2 aromatic carbocycles. The van der Waals surface area contributed by atoms with Crippen molar-refractivity contribution in [2.75, 3.05) is 18.7 Å². The number of benzene rings is 2. The molecule has 29 heavy (non-hydrogen) atoms. The third kappa shape index (κ3) is 3.21. The van der Waals surface area contributed by atoms with Gasteiger partial charge in [0.1, 0.15) is 12.4 Å². The Labute approximate surface area is 170 Å². The van der Waals surface area contributed by atoms with Gasteiger partial charge in [0.05, 0.1) is 28.5 Å². The van der Waals surface area contributed by atoms with Gasteiger partial charge in [0.15, 0.2) is 0 Å². The van der Waals surface area contributed by atoms with Crippen molar-refractivity contribution < 1.29 is 14.1 Å². The van der Waals surface area contributed by atoms with Crippen LogP contribution in [0.1, 0.15) is 5.56 Å². The Bertz CT molecular complexity index is 1200. The number of anilines is 1. The van der Waals surface area contributed by atoms with Crippen LogP contribution in [-0.4, -0.2) is 29.0 Å². The molecular weight excluding hydrogens is 399 g/mol. The quantitative estimate of drug-likeness (QED) is 0.462. The number of halogens is 2. The minimum absolute atomic E-state index is 0.147. The first kappa shape index (κ1) is 18.9. The maximum absolute atomic E-state index is 13.9. The number of nitro benzene ring substituents is 1. The van der Waals surface area contributed by atoms with Crippen LogP contribution in [0.3, 0.4) is 0 Å². The number of aryl methyl sites for hydroxylation is 1. The summed E-state index contributed by atoms with van der Waals surface area (Å²) in [5, 5.41) is 12.5.